The normalized spacial score (nSPS) is 15.5. The van der Waals surface area contributed by atoms with Crippen LogP contribution >= 0.6 is 23.4 Å². The van der Waals surface area contributed by atoms with Gasteiger partial charge in [0.2, 0.25) is 11.8 Å². The molecule has 1 fully saturated rings. The minimum atomic E-state index is -0.558. The van der Waals surface area contributed by atoms with Gasteiger partial charge in [0.15, 0.2) is 11.5 Å². The Morgan fingerprint density at radius 3 is 2.64 bits per heavy atom. The molecule has 0 saturated carbocycles. The number of halogens is 1. The highest BCUT2D eigenvalue weighted by Crippen LogP contribution is 2.37. The van der Waals surface area contributed by atoms with Gasteiger partial charge in [-0.05, 0) is 54.5 Å². The molecule has 1 aliphatic heterocycles. The zero-order valence-electron chi connectivity index (χ0n) is 18.8. The highest BCUT2D eigenvalue weighted by Gasteiger charge is 2.33. The van der Waals surface area contributed by atoms with Crippen LogP contribution in [-0.2, 0) is 9.59 Å². The van der Waals surface area contributed by atoms with Crippen LogP contribution in [-0.4, -0.2) is 55.2 Å². The lowest BCUT2D eigenvalue weighted by molar-refractivity contribution is -0.132. The third-order valence-corrected chi connectivity index (χ3v) is 6.24. The summed E-state index contributed by atoms with van der Waals surface area (Å²) < 4.78 is 16.2. The minimum Gasteiger partial charge on any atom is -0.497 e. The first-order chi connectivity index (χ1) is 16.0. The van der Waals surface area contributed by atoms with Gasteiger partial charge in [0, 0.05) is 17.5 Å². The number of benzene rings is 2. The molecular weight excluding hydrogens is 464 g/mol. The molecule has 1 heterocycles. The number of rotatable bonds is 9. The molecule has 3 rings (SSSR count). The number of nitrogens with one attached hydrogen (secondary N) is 1. The molecule has 176 valence electrons. The van der Waals surface area contributed by atoms with E-state index in [1.807, 2.05) is 6.92 Å². The van der Waals surface area contributed by atoms with Gasteiger partial charge in [-0.15, -0.1) is 11.8 Å². The van der Waals surface area contributed by atoms with Gasteiger partial charge >= 0.3 is 0 Å². The molecule has 0 aromatic heterocycles. The molecule has 0 radical (unpaired) electrons. The topological polar surface area (TPSA) is 77.1 Å². The van der Waals surface area contributed by atoms with Gasteiger partial charge in [-0.1, -0.05) is 18.5 Å². The lowest BCUT2D eigenvalue weighted by Crippen LogP contribution is -2.43. The number of ether oxygens (including phenoxy) is 3. The van der Waals surface area contributed by atoms with E-state index in [9.17, 15) is 9.59 Å². The molecule has 1 atom stereocenters. The lowest BCUT2D eigenvalue weighted by atomic mass is 10.1. The van der Waals surface area contributed by atoms with Crippen molar-refractivity contribution in [3.05, 3.63) is 53.1 Å². The minimum absolute atomic E-state index is 0.228. The summed E-state index contributed by atoms with van der Waals surface area (Å²) in [6.07, 6.45) is 3.94. The standard InChI is InChI=1S/C24H27ClN2O5S/c1-4-11-32-23-19(25)12-16(13-21(23)31-3)5-10-22(28)27-15-33-14-20(27)24(29)26-17-6-8-18(30-2)9-7-17/h5-10,12-13,20H,4,11,14-15H2,1-3H3,(H,26,29)/b10-5+. The summed E-state index contributed by atoms with van der Waals surface area (Å²) in [6.45, 7) is 2.53. The second-order valence-corrected chi connectivity index (χ2v) is 8.66. The Balaban J connectivity index is 1.68. The molecule has 1 unspecified atom stereocenters. The zero-order valence-corrected chi connectivity index (χ0v) is 20.4. The maximum atomic E-state index is 12.9. The average molecular weight is 491 g/mol. The van der Waals surface area contributed by atoms with Crippen molar-refractivity contribution in [2.45, 2.75) is 19.4 Å². The van der Waals surface area contributed by atoms with Crippen LogP contribution in [0.2, 0.25) is 5.02 Å². The number of thioether (sulfide) groups is 1. The van der Waals surface area contributed by atoms with Crippen LogP contribution in [0.3, 0.4) is 0 Å². The fraction of sp³-hybridized carbons (Fsp3) is 0.333. The van der Waals surface area contributed by atoms with Gasteiger partial charge in [0.1, 0.15) is 11.8 Å². The Labute approximate surface area is 203 Å². The van der Waals surface area contributed by atoms with Crippen molar-refractivity contribution in [3.8, 4) is 17.2 Å². The van der Waals surface area contributed by atoms with E-state index >= 15 is 0 Å². The number of carbonyl (C=O) groups excluding carboxylic acids is 2. The predicted molar refractivity (Wildman–Crippen MR) is 132 cm³/mol. The number of hydrogen-bond acceptors (Lipinski definition) is 6. The molecule has 7 nitrogen and oxygen atoms in total. The fourth-order valence-electron chi connectivity index (χ4n) is 3.22. The Hall–Kier alpha value is -2.84. The van der Waals surface area contributed by atoms with E-state index in [1.54, 1.807) is 54.5 Å². The summed E-state index contributed by atoms with van der Waals surface area (Å²) in [6, 6.07) is 9.97. The predicted octanol–water partition coefficient (Wildman–Crippen LogP) is 4.70. The molecule has 0 spiro atoms. The number of amides is 2. The van der Waals surface area contributed by atoms with E-state index < -0.39 is 6.04 Å². The SMILES string of the molecule is CCCOc1c(Cl)cc(/C=C/C(=O)N2CSCC2C(=O)Nc2ccc(OC)cc2)cc1OC. The first-order valence-corrected chi connectivity index (χ1v) is 12.0. The van der Waals surface area contributed by atoms with E-state index in [0.717, 1.165) is 6.42 Å². The molecule has 2 aromatic carbocycles. The Bertz CT molecular complexity index is 1010. The number of anilines is 1. The summed E-state index contributed by atoms with van der Waals surface area (Å²) >= 11 is 7.89. The molecule has 33 heavy (non-hydrogen) atoms. The van der Waals surface area contributed by atoms with Crippen molar-refractivity contribution in [2.75, 3.05) is 37.8 Å². The number of hydrogen-bond donors (Lipinski definition) is 1. The van der Waals surface area contributed by atoms with Crippen molar-refractivity contribution in [1.82, 2.24) is 4.90 Å². The first-order valence-electron chi connectivity index (χ1n) is 10.5. The van der Waals surface area contributed by atoms with Crippen LogP contribution in [0.5, 0.6) is 17.2 Å². The number of methoxy groups -OCH3 is 2. The molecular formula is C24H27ClN2O5S. The van der Waals surface area contributed by atoms with Crippen molar-refractivity contribution >= 4 is 46.9 Å². The van der Waals surface area contributed by atoms with Gasteiger partial charge in [0.25, 0.3) is 0 Å². The third-order valence-electron chi connectivity index (χ3n) is 4.95. The van der Waals surface area contributed by atoms with E-state index in [-0.39, 0.29) is 11.8 Å². The van der Waals surface area contributed by atoms with Gasteiger partial charge < -0.3 is 24.4 Å². The van der Waals surface area contributed by atoms with Crippen molar-refractivity contribution in [2.24, 2.45) is 0 Å². The van der Waals surface area contributed by atoms with E-state index in [1.165, 1.54) is 24.9 Å². The van der Waals surface area contributed by atoms with Crippen LogP contribution in [0.25, 0.3) is 6.08 Å². The molecule has 1 aliphatic rings. The summed E-state index contributed by atoms with van der Waals surface area (Å²) in [5.74, 6) is 2.17. The van der Waals surface area contributed by atoms with Crippen molar-refractivity contribution < 1.29 is 23.8 Å². The summed E-state index contributed by atoms with van der Waals surface area (Å²) in [5, 5.41) is 3.27. The van der Waals surface area contributed by atoms with Gasteiger partial charge in [-0.3, -0.25) is 9.59 Å². The lowest BCUT2D eigenvalue weighted by Gasteiger charge is -2.21. The molecule has 1 saturated heterocycles. The quantitative estimate of drug-likeness (QED) is 0.513. The molecule has 9 heteroatoms. The highest BCUT2D eigenvalue weighted by atomic mass is 35.5. The Morgan fingerprint density at radius 1 is 1.21 bits per heavy atom. The first kappa shape index (κ1) is 24.8. The maximum Gasteiger partial charge on any atom is 0.248 e. The smallest absolute Gasteiger partial charge is 0.248 e. The van der Waals surface area contributed by atoms with Gasteiger partial charge in [-0.2, -0.15) is 0 Å². The van der Waals surface area contributed by atoms with E-state index in [4.69, 9.17) is 25.8 Å². The second kappa shape index (κ2) is 11.9. The average Bonchev–Trinajstić information content (AvgIpc) is 3.32. The van der Waals surface area contributed by atoms with Crippen LogP contribution in [0.15, 0.2) is 42.5 Å². The van der Waals surface area contributed by atoms with Crippen LogP contribution < -0.4 is 19.5 Å². The second-order valence-electron chi connectivity index (χ2n) is 7.26. The Morgan fingerprint density at radius 2 is 1.97 bits per heavy atom. The molecule has 1 N–H and O–H groups in total. The molecule has 2 aromatic rings. The van der Waals surface area contributed by atoms with E-state index in [0.29, 0.717) is 51.8 Å². The van der Waals surface area contributed by atoms with Gasteiger partial charge in [-0.25, -0.2) is 0 Å². The molecule has 2 amide bonds. The monoisotopic (exact) mass is 490 g/mol. The number of carbonyl (C=O) groups is 2. The highest BCUT2D eigenvalue weighted by molar-refractivity contribution is 7.99. The fourth-order valence-corrected chi connectivity index (χ4v) is 4.66. The summed E-state index contributed by atoms with van der Waals surface area (Å²) in [5.41, 5.74) is 1.34. The third kappa shape index (κ3) is 6.36. The summed E-state index contributed by atoms with van der Waals surface area (Å²) in [4.78, 5) is 27.2. The van der Waals surface area contributed by atoms with Crippen LogP contribution in [0.1, 0.15) is 18.9 Å². The summed E-state index contributed by atoms with van der Waals surface area (Å²) in [7, 11) is 3.12. The van der Waals surface area contributed by atoms with Gasteiger partial charge in [0.05, 0.1) is 31.7 Å². The number of nitrogens with zero attached hydrogens (tertiary/aromatic N) is 1. The molecule has 0 bridgehead atoms. The largest absolute Gasteiger partial charge is 0.497 e. The van der Waals surface area contributed by atoms with Crippen LogP contribution in [0, 0.1) is 0 Å². The Kier molecular flexibility index (Phi) is 8.91. The van der Waals surface area contributed by atoms with Crippen LogP contribution in [0.4, 0.5) is 5.69 Å². The van der Waals surface area contributed by atoms with E-state index in [2.05, 4.69) is 5.32 Å². The van der Waals surface area contributed by atoms with Crippen molar-refractivity contribution in [1.29, 1.82) is 0 Å². The van der Waals surface area contributed by atoms with Crippen molar-refractivity contribution in [3.63, 3.8) is 0 Å². The zero-order chi connectivity index (χ0) is 23.8. The maximum absolute atomic E-state index is 12.9. The molecule has 0 aliphatic carbocycles.